The van der Waals surface area contributed by atoms with E-state index in [9.17, 15) is 15.1 Å². The van der Waals surface area contributed by atoms with Crippen molar-refractivity contribution in [2.24, 2.45) is 0 Å². The number of nitrogens with zero attached hydrogens (tertiary/aromatic N) is 2. The van der Waals surface area contributed by atoms with E-state index in [0.717, 1.165) is 11.1 Å². The second-order valence-electron chi connectivity index (χ2n) is 7.40. The smallest absolute Gasteiger partial charge is 0.331 e. The van der Waals surface area contributed by atoms with E-state index in [4.69, 9.17) is 18.8 Å². The van der Waals surface area contributed by atoms with Gasteiger partial charge in [-0.05, 0) is 46.4 Å². The largest absolute Gasteiger partial charge is 0.504 e. The summed E-state index contributed by atoms with van der Waals surface area (Å²) >= 11 is 0. The average molecular weight is 474 g/mol. The van der Waals surface area contributed by atoms with Gasteiger partial charge in [0.1, 0.15) is 12.4 Å². The van der Waals surface area contributed by atoms with Gasteiger partial charge in [-0.15, -0.1) is 0 Å². The maximum Gasteiger partial charge on any atom is 0.331 e. The maximum absolute atomic E-state index is 12.0. The van der Waals surface area contributed by atoms with Gasteiger partial charge in [-0.3, -0.25) is 4.63 Å². The topological polar surface area (TPSA) is 118 Å². The monoisotopic (exact) mass is 474 g/mol. The molecule has 0 radical (unpaired) electrons. The van der Waals surface area contributed by atoms with Crippen molar-refractivity contribution in [3.63, 3.8) is 0 Å². The van der Waals surface area contributed by atoms with E-state index in [1.165, 1.54) is 19.3 Å². The van der Waals surface area contributed by atoms with E-state index in [-0.39, 0.29) is 24.7 Å². The molecule has 0 saturated heterocycles. The number of rotatable bonds is 9. The Bertz CT molecular complexity index is 1320. The lowest BCUT2D eigenvalue weighted by atomic mass is 10.1. The number of ether oxygens (including phenoxy) is 3. The zero-order valence-electron chi connectivity index (χ0n) is 18.8. The SMILES string of the molecule is COc1cc(/C=C/C(=O)OCc2ccc(OCc3c(-c4ccccc4)no[n+]3[O-])cc2)ccc1O. The van der Waals surface area contributed by atoms with Crippen LogP contribution in [-0.4, -0.2) is 23.3 Å². The molecule has 0 aliphatic heterocycles. The average Bonchev–Trinajstić information content (AvgIpc) is 3.27. The van der Waals surface area contributed by atoms with E-state index in [1.807, 2.05) is 30.3 Å². The molecule has 0 aliphatic carbocycles. The first kappa shape index (κ1) is 23.4. The molecule has 4 aromatic rings. The summed E-state index contributed by atoms with van der Waals surface area (Å²) in [6, 6.07) is 20.9. The van der Waals surface area contributed by atoms with Crippen molar-refractivity contribution in [1.29, 1.82) is 0 Å². The van der Waals surface area contributed by atoms with Crippen molar-refractivity contribution >= 4 is 12.0 Å². The van der Waals surface area contributed by atoms with Gasteiger partial charge >= 0.3 is 5.97 Å². The predicted octanol–water partition coefficient (Wildman–Crippen LogP) is 4.02. The van der Waals surface area contributed by atoms with Crippen LogP contribution in [-0.2, 0) is 22.7 Å². The molecular weight excluding hydrogens is 452 g/mol. The van der Waals surface area contributed by atoms with Gasteiger partial charge in [0, 0.05) is 16.8 Å². The van der Waals surface area contributed by atoms with Gasteiger partial charge in [-0.1, -0.05) is 48.5 Å². The number of carbonyl (C=O) groups excluding carboxylic acids is 1. The van der Waals surface area contributed by atoms with Gasteiger partial charge in [0.05, 0.1) is 7.11 Å². The highest BCUT2D eigenvalue weighted by Gasteiger charge is 2.21. The minimum atomic E-state index is -0.515. The van der Waals surface area contributed by atoms with Crippen LogP contribution in [0.15, 0.2) is 83.5 Å². The van der Waals surface area contributed by atoms with E-state index in [2.05, 4.69) is 5.16 Å². The molecule has 3 aromatic carbocycles. The van der Waals surface area contributed by atoms with Crippen molar-refractivity contribution in [1.82, 2.24) is 5.16 Å². The Morgan fingerprint density at radius 1 is 1.09 bits per heavy atom. The number of hydrogen-bond acceptors (Lipinski definition) is 8. The number of hydrogen-bond donors (Lipinski definition) is 1. The molecular formula is C26H22N2O7. The van der Waals surface area contributed by atoms with Crippen molar-refractivity contribution in [3.8, 4) is 28.5 Å². The first-order valence-corrected chi connectivity index (χ1v) is 10.6. The van der Waals surface area contributed by atoms with Crippen LogP contribution in [0.3, 0.4) is 0 Å². The molecule has 1 heterocycles. The highest BCUT2D eigenvalue weighted by molar-refractivity contribution is 5.87. The Balaban J connectivity index is 1.30. The van der Waals surface area contributed by atoms with Gasteiger partial charge in [0.25, 0.3) is 5.69 Å². The highest BCUT2D eigenvalue weighted by Crippen LogP contribution is 2.26. The summed E-state index contributed by atoms with van der Waals surface area (Å²) < 4.78 is 20.8. The van der Waals surface area contributed by atoms with Crippen LogP contribution in [0.5, 0.6) is 17.2 Å². The third-order valence-electron chi connectivity index (χ3n) is 5.04. The zero-order valence-corrected chi connectivity index (χ0v) is 18.8. The first-order chi connectivity index (χ1) is 17.0. The van der Waals surface area contributed by atoms with Gasteiger partial charge in [-0.25, -0.2) is 4.79 Å². The molecule has 0 amide bonds. The van der Waals surface area contributed by atoms with Crippen LogP contribution in [0.2, 0.25) is 0 Å². The molecule has 0 aliphatic rings. The van der Waals surface area contributed by atoms with Crippen molar-refractivity contribution in [3.05, 3.63) is 101 Å². The number of phenols is 1. The molecule has 0 spiro atoms. The predicted molar refractivity (Wildman–Crippen MR) is 125 cm³/mol. The third-order valence-corrected chi connectivity index (χ3v) is 5.04. The van der Waals surface area contributed by atoms with Crippen LogP contribution in [0.4, 0.5) is 0 Å². The summed E-state index contributed by atoms with van der Waals surface area (Å²) in [7, 11) is 1.45. The normalized spacial score (nSPS) is 10.9. The van der Waals surface area contributed by atoms with E-state index >= 15 is 0 Å². The number of benzene rings is 3. The minimum Gasteiger partial charge on any atom is -0.504 e. The third kappa shape index (κ3) is 5.97. The Morgan fingerprint density at radius 2 is 1.86 bits per heavy atom. The molecule has 0 atom stereocenters. The maximum atomic E-state index is 12.0. The molecule has 0 saturated carbocycles. The Hall–Kier alpha value is -4.79. The molecule has 0 fully saturated rings. The molecule has 1 N–H and O–H groups in total. The summed E-state index contributed by atoms with van der Waals surface area (Å²) in [5, 5.41) is 25.4. The number of esters is 1. The molecule has 0 unspecified atom stereocenters. The fourth-order valence-corrected chi connectivity index (χ4v) is 3.20. The summed E-state index contributed by atoms with van der Waals surface area (Å²) in [5.41, 5.74) is 2.87. The van der Waals surface area contributed by atoms with Crippen LogP contribution in [0, 0.1) is 5.21 Å². The first-order valence-electron chi connectivity index (χ1n) is 10.6. The van der Waals surface area contributed by atoms with E-state index in [0.29, 0.717) is 27.7 Å². The number of methoxy groups -OCH3 is 1. The molecule has 35 heavy (non-hydrogen) atoms. The van der Waals surface area contributed by atoms with Crippen LogP contribution in [0.1, 0.15) is 16.8 Å². The zero-order chi connectivity index (χ0) is 24.6. The Kier molecular flexibility index (Phi) is 7.27. The van der Waals surface area contributed by atoms with Crippen LogP contribution < -0.4 is 14.4 Å². The van der Waals surface area contributed by atoms with Gasteiger partial charge in [0.15, 0.2) is 18.1 Å². The van der Waals surface area contributed by atoms with Crippen LogP contribution in [0.25, 0.3) is 17.3 Å². The fraction of sp³-hybridized carbons (Fsp3) is 0.115. The number of carbonyl (C=O) groups is 1. The molecule has 178 valence electrons. The number of phenolic OH excluding ortho intramolecular Hbond substituents is 1. The minimum absolute atomic E-state index is 0.0185. The molecule has 4 rings (SSSR count). The lowest BCUT2D eigenvalue weighted by Crippen LogP contribution is -2.29. The quantitative estimate of drug-likeness (QED) is 0.220. The van der Waals surface area contributed by atoms with Gasteiger partial charge in [-0.2, -0.15) is 0 Å². The van der Waals surface area contributed by atoms with Crippen LogP contribution >= 0.6 is 0 Å². The highest BCUT2D eigenvalue weighted by atomic mass is 16.8. The standard InChI is InChI=1S/C26H22N2O7/c1-32-24-15-18(9-13-23(24)29)10-14-25(30)34-16-19-7-11-21(12-8-19)33-17-22-26(27-35-28(22)31)20-5-3-2-4-6-20/h2-15,29H,16-17H2,1H3/b14-10+. The summed E-state index contributed by atoms with van der Waals surface area (Å²) in [5.74, 6) is 0.345. The second-order valence-corrected chi connectivity index (χ2v) is 7.40. The van der Waals surface area contributed by atoms with E-state index < -0.39 is 5.97 Å². The summed E-state index contributed by atoms with van der Waals surface area (Å²) in [6.07, 6.45) is 2.86. The van der Waals surface area contributed by atoms with Gasteiger partial charge in [0.2, 0.25) is 5.69 Å². The molecule has 9 nitrogen and oxygen atoms in total. The molecule has 1 aromatic heterocycles. The van der Waals surface area contributed by atoms with Crippen molar-refractivity contribution in [2.75, 3.05) is 7.11 Å². The summed E-state index contributed by atoms with van der Waals surface area (Å²) in [4.78, 5) is 12.4. The fourth-order valence-electron chi connectivity index (χ4n) is 3.20. The number of aromatic nitrogens is 2. The molecule has 0 bridgehead atoms. The lowest BCUT2D eigenvalue weighted by molar-refractivity contribution is -0.808. The van der Waals surface area contributed by atoms with Crippen molar-refractivity contribution in [2.45, 2.75) is 13.2 Å². The van der Waals surface area contributed by atoms with E-state index in [1.54, 1.807) is 42.5 Å². The molecule has 9 heteroatoms. The Morgan fingerprint density at radius 3 is 2.60 bits per heavy atom. The second kappa shape index (κ2) is 10.9. The van der Waals surface area contributed by atoms with Gasteiger partial charge < -0.3 is 24.5 Å². The number of aromatic hydroxyl groups is 1. The summed E-state index contributed by atoms with van der Waals surface area (Å²) in [6.45, 7) is 0.0467. The lowest BCUT2D eigenvalue weighted by Gasteiger charge is -2.07. The van der Waals surface area contributed by atoms with Crippen molar-refractivity contribution < 1.29 is 33.6 Å². The Labute approximate surface area is 200 Å².